The molecule has 0 atom stereocenters. The molecule has 0 heterocycles. The molecule has 0 bridgehead atoms. The quantitative estimate of drug-likeness (QED) is 0.424. The second kappa shape index (κ2) is 2.17. The Morgan fingerprint density at radius 1 is 2.00 bits per heavy atom. The van der Waals surface area contributed by atoms with Crippen molar-refractivity contribution >= 4 is 14.2 Å². The Kier molecular flexibility index (Phi) is 2.13. The smallest absolute Gasteiger partial charge is 0.0316 e. The van der Waals surface area contributed by atoms with Crippen LogP contribution in [0.15, 0.2) is 12.7 Å². The first-order valence-electron chi connectivity index (χ1n) is 1.45. The maximum absolute atomic E-state index is 3.47. The molecule has 0 rings (SSSR count). The van der Waals surface area contributed by atoms with Gasteiger partial charge >= 0.3 is 0 Å². The lowest BCUT2D eigenvalue weighted by molar-refractivity contribution is 2.01. The molecular weight excluding hydrogens is 79.0 g/mol. The second-order valence-corrected chi connectivity index (χ2v) is 1.68. The molecule has 0 fully saturated rings. The highest BCUT2D eigenvalue weighted by Gasteiger charge is 1.60. The molecule has 28 valence electrons. The van der Waals surface area contributed by atoms with E-state index in [0.29, 0.717) is 0 Å². The molecule has 0 saturated carbocycles. The van der Waals surface area contributed by atoms with E-state index in [-0.39, 0.29) is 0 Å². The van der Waals surface area contributed by atoms with E-state index in [1.165, 1.54) is 0 Å². The Morgan fingerprint density at radius 2 is 2.20 bits per heavy atom. The number of hydrogen-bond donors (Lipinski definition) is 0. The zero-order valence-electron chi connectivity index (χ0n) is 3.28. The van der Waals surface area contributed by atoms with E-state index in [1.807, 2.05) is 6.92 Å². The van der Waals surface area contributed by atoms with Crippen LogP contribution in [0.4, 0.5) is 0 Å². The molecule has 0 amide bonds. The van der Waals surface area contributed by atoms with Gasteiger partial charge < -0.3 is 0 Å². The number of allylic oxidation sites excluding steroid dienone is 1. The van der Waals surface area contributed by atoms with Crippen molar-refractivity contribution in [3.63, 3.8) is 0 Å². The fourth-order valence-corrected chi connectivity index (χ4v) is 0. The first-order chi connectivity index (χ1) is 2.27. The van der Waals surface area contributed by atoms with Crippen molar-refractivity contribution in [3.8, 4) is 0 Å². The molecule has 1 heteroatoms. The first-order valence-corrected chi connectivity index (χ1v) is 1.95. The van der Waals surface area contributed by atoms with Crippen LogP contribution in [0.25, 0.3) is 0 Å². The normalized spacial score (nSPS) is 6.60. The minimum atomic E-state index is 1.07. The third-order valence-electron chi connectivity index (χ3n) is 0.306. The van der Waals surface area contributed by atoms with E-state index in [1.54, 1.807) is 6.08 Å². The molecule has 0 aliphatic rings. The van der Waals surface area contributed by atoms with Crippen LogP contribution in [0.1, 0.15) is 6.92 Å². The lowest BCUT2D eigenvalue weighted by Crippen LogP contribution is -1.67. The monoisotopic (exact) mass is 86.0 g/mol. The van der Waals surface area contributed by atoms with Gasteiger partial charge in [0.05, 0.1) is 0 Å². The van der Waals surface area contributed by atoms with E-state index < -0.39 is 0 Å². The highest BCUT2D eigenvalue weighted by Crippen LogP contribution is 1.73. The highest BCUT2D eigenvalue weighted by molar-refractivity contribution is 7.21. The van der Waals surface area contributed by atoms with E-state index in [4.69, 9.17) is 0 Å². The summed E-state index contributed by atoms with van der Waals surface area (Å²) < 4.78 is 0. The van der Waals surface area contributed by atoms with Gasteiger partial charge in [-0.15, -0.1) is 8.86 Å². The van der Waals surface area contributed by atoms with Crippen LogP contribution in [0.3, 0.4) is 0 Å². The van der Waals surface area contributed by atoms with Crippen molar-refractivity contribution in [2.75, 3.05) is 0 Å². The predicted octanol–water partition coefficient (Wildman–Crippen LogP) is 1.51. The summed E-state index contributed by atoms with van der Waals surface area (Å²) >= 11 is 0. The molecule has 0 aromatic carbocycles. The lowest BCUT2D eigenvalue weighted by Gasteiger charge is -1.70. The van der Waals surface area contributed by atoms with Crippen molar-refractivity contribution < 1.29 is 0 Å². The van der Waals surface area contributed by atoms with E-state index in [2.05, 4.69) is 15.4 Å². The summed E-state index contributed by atoms with van der Waals surface area (Å²) in [7, 11) is 3.21. The van der Waals surface area contributed by atoms with Gasteiger partial charge in [0.1, 0.15) is 0 Å². The number of hydrogen-bond acceptors (Lipinski definition) is 0. The van der Waals surface area contributed by atoms with Gasteiger partial charge in [0.15, 0.2) is 0 Å². The van der Waals surface area contributed by atoms with Gasteiger partial charge in [-0.3, -0.25) is 0 Å². The molecular formula is C4H7P. The Hall–Kier alpha value is -0.0900. The molecule has 0 unspecified atom stereocenters. The summed E-state index contributed by atoms with van der Waals surface area (Å²) in [6, 6.07) is 0. The average Bonchev–Trinajstić information content (AvgIpc) is 1.38. The van der Waals surface area contributed by atoms with Gasteiger partial charge in [-0.1, -0.05) is 12.7 Å². The van der Waals surface area contributed by atoms with Gasteiger partial charge in [-0.25, -0.2) is 0 Å². The van der Waals surface area contributed by atoms with Crippen LogP contribution in [0.2, 0.25) is 0 Å². The van der Waals surface area contributed by atoms with E-state index >= 15 is 0 Å². The zero-order valence-corrected chi connectivity index (χ0v) is 4.28. The van der Waals surface area contributed by atoms with Gasteiger partial charge in [-0.2, -0.15) is 0 Å². The molecule has 0 aliphatic carbocycles. The Morgan fingerprint density at radius 3 is 2.20 bits per heavy atom. The van der Waals surface area contributed by atoms with Crippen LogP contribution in [0, 0.1) is 0 Å². The summed E-state index contributed by atoms with van der Waals surface area (Å²) in [5, 5.41) is 1.07. The van der Waals surface area contributed by atoms with Crippen LogP contribution in [-0.4, -0.2) is 5.29 Å². The molecule has 0 spiro atoms. The van der Waals surface area contributed by atoms with Crippen molar-refractivity contribution in [1.82, 2.24) is 0 Å². The van der Waals surface area contributed by atoms with Crippen molar-refractivity contribution in [1.29, 1.82) is 0 Å². The summed E-state index contributed by atoms with van der Waals surface area (Å²) in [5.41, 5.74) is 0. The number of rotatable bonds is 1. The van der Waals surface area contributed by atoms with Crippen LogP contribution in [0.5, 0.6) is 0 Å². The van der Waals surface area contributed by atoms with Gasteiger partial charge in [0.25, 0.3) is 0 Å². The highest BCUT2D eigenvalue weighted by atomic mass is 31.0. The van der Waals surface area contributed by atoms with E-state index in [9.17, 15) is 0 Å². The first kappa shape index (κ1) is 4.91. The fraction of sp³-hybridized carbons (Fsp3) is 0.250. The molecule has 0 radical (unpaired) electrons. The van der Waals surface area contributed by atoms with Crippen molar-refractivity contribution in [2.45, 2.75) is 6.92 Å². The SMILES string of the molecule is C=CC(C)=P. The molecule has 0 aromatic heterocycles. The van der Waals surface area contributed by atoms with Crippen LogP contribution in [-0.2, 0) is 0 Å². The van der Waals surface area contributed by atoms with Crippen molar-refractivity contribution in [3.05, 3.63) is 12.7 Å². The fourth-order valence-electron chi connectivity index (χ4n) is 0. The molecule has 0 saturated heterocycles. The molecule has 5 heavy (non-hydrogen) atoms. The standard InChI is InChI=1S/C4H7P/c1-3-4(2)5/h3,5H,1H2,2H3. The lowest BCUT2D eigenvalue weighted by atomic mass is 10.5. The summed E-state index contributed by atoms with van der Waals surface area (Å²) in [4.78, 5) is 0. The molecule has 0 aliphatic heterocycles. The predicted molar refractivity (Wildman–Crippen MR) is 29.2 cm³/mol. The van der Waals surface area contributed by atoms with Crippen LogP contribution < -0.4 is 0 Å². The molecule has 0 N–H and O–H groups in total. The Balaban J connectivity index is 3.20. The Labute approximate surface area is 34.7 Å². The minimum Gasteiger partial charge on any atom is -0.119 e. The zero-order chi connectivity index (χ0) is 4.28. The molecule has 0 aromatic rings. The van der Waals surface area contributed by atoms with Gasteiger partial charge in [-0.05, 0) is 12.2 Å². The van der Waals surface area contributed by atoms with Crippen molar-refractivity contribution in [2.24, 2.45) is 0 Å². The average molecular weight is 86.1 g/mol. The largest absolute Gasteiger partial charge is 0.119 e. The van der Waals surface area contributed by atoms with Crippen LogP contribution >= 0.6 is 8.86 Å². The third kappa shape index (κ3) is 3.91. The summed E-state index contributed by atoms with van der Waals surface area (Å²) in [5.74, 6) is 0. The topological polar surface area (TPSA) is 0 Å². The maximum atomic E-state index is 3.47. The van der Waals surface area contributed by atoms with E-state index in [0.717, 1.165) is 5.29 Å². The summed E-state index contributed by atoms with van der Waals surface area (Å²) in [6.07, 6.45) is 1.75. The molecule has 0 nitrogen and oxygen atoms in total. The maximum Gasteiger partial charge on any atom is -0.0316 e. The third-order valence-corrected chi connectivity index (χ3v) is 0.510. The second-order valence-electron chi connectivity index (χ2n) is 0.887. The minimum absolute atomic E-state index is 1.07. The Bertz CT molecular complexity index is 54.7. The summed E-state index contributed by atoms with van der Waals surface area (Å²) in [6.45, 7) is 5.41. The van der Waals surface area contributed by atoms with Gasteiger partial charge in [0.2, 0.25) is 0 Å². The van der Waals surface area contributed by atoms with Gasteiger partial charge in [0, 0.05) is 0 Å².